The molecule has 0 saturated carbocycles. The van der Waals surface area contributed by atoms with Gasteiger partial charge in [0.2, 0.25) is 0 Å². The van der Waals surface area contributed by atoms with Crippen molar-refractivity contribution in [2.45, 2.75) is 43.4 Å². The van der Waals surface area contributed by atoms with Crippen molar-refractivity contribution < 1.29 is 17.8 Å². The van der Waals surface area contributed by atoms with Crippen LogP contribution in [0.5, 0.6) is 0 Å². The van der Waals surface area contributed by atoms with Gasteiger partial charge in [-0.2, -0.15) is 8.42 Å². The fourth-order valence-corrected chi connectivity index (χ4v) is 3.49. The van der Waals surface area contributed by atoms with Crippen LogP contribution in [0.2, 0.25) is 0 Å². The van der Waals surface area contributed by atoms with Crippen LogP contribution in [0.1, 0.15) is 32.6 Å². The lowest BCUT2D eigenvalue weighted by Gasteiger charge is -2.34. The first-order chi connectivity index (χ1) is 10.8. The van der Waals surface area contributed by atoms with Gasteiger partial charge in [-0.25, -0.2) is 9.78 Å². The molecule has 0 bridgehead atoms. The summed E-state index contributed by atoms with van der Waals surface area (Å²) in [6, 6.07) is -1.60. The molecule has 0 aliphatic heterocycles. The van der Waals surface area contributed by atoms with Gasteiger partial charge < -0.3 is 5.32 Å². The fraction of sp³-hybridized carbons (Fsp3) is 0.467. The normalized spacial score (nSPS) is 15.4. The molecule has 7 nitrogen and oxygen atoms in total. The maximum Gasteiger partial charge on any atom is 0.327 e. The summed E-state index contributed by atoms with van der Waals surface area (Å²) < 4.78 is 33.2. The third-order valence-electron chi connectivity index (χ3n) is 3.78. The van der Waals surface area contributed by atoms with Gasteiger partial charge in [0.05, 0.1) is 6.04 Å². The van der Waals surface area contributed by atoms with Crippen molar-refractivity contribution in [1.82, 2.24) is 14.9 Å². The number of hydrogen-bond donors (Lipinski definition) is 2. The first-order valence-corrected chi connectivity index (χ1v) is 8.78. The Balaban J connectivity index is 3.12. The molecular formula is C15H23N3O4S. The second-order valence-corrected chi connectivity index (χ2v) is 6.93. The predicted octanol–water partition coefficient (Wildman–Crippen LogP) is 2.39. The molecule has 2 atom stereocenters. The Labute approximate surface area is 136 Å². The van der Waals surface area contributed by atoms with Crippen molar-refractivity contribution in [1.29, 1.82) is 0 Å². The van der Waals surface area contributed by atoms with Crippen LogP contribution in [0.15, 0.2) is 44.0 Å². The van der Waals surface area contributed by atoms with E-state index < -0.39 is 26.9 Å². The summed E-state index contributed by atoms with van der Waals surface area (Å²) >= 11 is 0. The van der Waals surface area contributed by atoms with Crippen molar-refractivity contribution in [3.05, 3.63) is 44.0 Å². The third kappa shape index (κ3) is 4.29. The first kappa shape index (κ1) is 19.1. The van der Waals surface area contributed by atoms with Gasteiger partial charge in [-0.15, -0.1) is 13.2 Å². The molecule has 1 rings (SSSR count). The molecule has 1 amide bonds. The summed E-state index contributed by atoms with van der Waals surface area (Å²) in [6.07, 6.45) is 8.97. The van der Waals surface area contributed by atoms with Gasteiger partial charge in [-0.05, 0) is 6.42 Å². The molecule has 0 aliphatic rings. The Hall–Kier alpha value is -1.93. The Morgan fingerprint density at radius 3 is 2.61 bits per heavy atom. The number of amides is 1. The van der Waals surface area contributed by atoms with E-state index in [0.717, 1.165) is 12.8 Å². The summed E-state index contributed by atoms with van der Waals surface area (Å²) in [4.78, 5) is 15.9. The molecule has 2 N–H and O–H groups in total. The molecule has 0 spiro atoms. The molecule has 1 aromatic rings. The maximum atomic E-state index is 12.1. The van der Waals surface area contributed by atoms with Crippen LogP contribution in [0.3, 0.4) is 0 Å². The van der Waals surface area contributed by atoms with Crippen LogP contribution < -0.4 is 5.32 Å². The zero-order valence-electron chi connectivity index (χ0n) is 13.2. The molecular weight excluding hydrogens is 318 g/mol. The zero-order chi connectivity index (χ0) is 17.5. The van der Waals surface area contributed by atoms with Gasteiger partial charge in [0.15, 0.2) is 0 Å². The summed E-state index contributed by atoms with van der Waals surface area (Å²) in [5.74, 6) is 0. The van der Waals surface area contributed by atoms with Crippen LogP contribution in [0.25, 0.3) is 0 Å². The van der Waals surface area contributed by atoms with Crippen LogP contribution in [-0.2, 0) is 10.1 Å². The largest absolute Gasteiger partial charge is 0.329 e. The van der Waals surface area contributed by atoms with E-state index in [0.29, 0.717) is 6.42 Å². The molecule has 1 aromatic heterocycles. The van der Waals surface area contributed by atoms with E-state index in [4.69, 9.17) is 0 Å². The van der Waals surface area contributed by atoms with E-state index in [2.05, 4.69) is 23.5 Å². The maximum absolute atomic E-state index is 12.1. The molecule has 0 radical (unpaired) electrons. The van der Waals surface area contributed by atoms with E-state index in [-0.39, 0.29) is 6.42 Å². The Bertz CT molecular complexity index is 640. The molecule has 1 heterocycles. The van der Waals surface area contributed by atoms with E-state index in [9.17, 15) is 17.8 Å². The predicted molar refractivity (Wildman–Crippen MR) is 88.8 cm³/mol. The third-order valence-corrected chi connectivity index (χ3v) is 5.36. The van der Waals surface area contributed by atoms with Gasteiger partial charge in [0, 0.05) is 12.4 Å². The van der Waals surface area contributed by atoms with Crippen molar-refractivity contribution in [2.75, 3.05) is 0 Å². The number of imidazole rings is 1. The molecule has 0 aliphatic carbocycles. The highest BCUT2D eigenvalue weighted by Crippen LogP contribution is 2.30. The first-order valence-electron chi connectivity index (χ1n) is 7.34. The smallest absolute Gasteiger partial charge is 0.327 e. The second-order valence-electron chi connectivity index (χ2n) is 5.22. The lowest BCUT2D eigenvalue weighted by molar-refractivity contribution is 0.238. The number of nitrogens with one attached hydrogen (secondary N) is 1. The molecule has 2 unspecified atom stereocenters. The number of nitrogens with zero attached hydrogens (tertiary/aromatic N) is 2. The average molecular weight is 341 g/mol. The second kappa shape index (κ2) is 8.07. The number of unbranched alkanes of at least 4 members (excludes halogenated alkanes) is 2. The monoisotopic (exact) mass is 341 g/mol. The van der Waals surface area contributed by atoms with Crippen molar-refractivity contribution in [3.63, 3.8) is 0 Å². The standard InChI is InChI=1S/C15H23N3O4S/c1-4-7-8-9-15(6-3,23(20,21)22)13(5-2)17-14(19)18-11-10-16-12-18/h5-6,10-13H,2-4,7-9H2,1H3,(H,17,19)(H,20,21,22). The minimum atomic E-state index is -4.51. The molecule has 23 heavy (non-hydrogen) atoms. The van der Waals surface area contributed by atoms with Gasteiger partial charge >= 0.3 is 6.03 Å². The molecule has 0 saturated heterocycles. The number of rotatable bonds is 9. The fourth-order valence-electron chi connectivity index (χ4n) is 2.40. The van der Waals surface area contributed by atoms with Gasteiger partial charge in [0.25, 0.3) is 10.1 Å². The lowest BCUT2D eigenvalue weighted by Crippen LogP contribution is -2.55. The van der Waals surface area contributed by atoms with Crippen LogP contribution >= 0.6 is 0 Å². The summed E-state index contributed by atoms with van der Waals surface area (Å²) in [6.45, 7) is 9.13. The number of carbonyl (C=O) groups excluding carboxylic acids is 1. The van der Waals surface area contributed by atoms with Crippen molar-refractivity contribution in [2.24, 2.45) is 0 Å². The van der Waals surface area contributed by atoms with Crippen LogP contribution in [0, 0.1) is 0 Å². The Morgan fingerprint density at radius 1 is 1.48 bits per heavy atom. The van der Waals surface area contributed by atoms with Crippen molar-refractivity contribution in [3.8, 4) is 0 Å². The molecule has 0 fully saturated rings. The SMILES string of the molecule is C=CC(NC(=O)n1ccnc1)C(C=C)(CCCCC)S(=O)(=O)O. The molecule has 8 heteroatoms. The highest BCUT2D eigenvalue weighted by Gasteiger charge is 2.46. The van der Waals surface area contributed by atoms with Gasteiger partial charge in [0.1, 0.15) is 11.1 Å². The highest BCUT2D eigenvalue weighted by atomic mass is 32.2. The minimum Gasteiger partial charge on any atom is -0.329 e. The lowest BCUT2D eigenvalue weighted by atomic mass is 9.92. The number of carbonyl (C=O) groups is 1. The topological polar surface area (TPSA) is 101 Å². The van der Waals surface area contributed by atoms with Crippen molar-refractivity contribution >= 4 is 16.1 Å². The summed E-state index contributed by atoms with van der Waals surface area (Å²) in [7, 11) is -4.51. The van der Waals surface area contributed by atoms with Gasteiger partial charge in [-0.1, -0.05) is 38.3 Å². The average Bonchev–Trinajstić information content (AvgIpc) is 3.03. The summed E-state index contributed by atoms with van der Waals surface area (Å²) in [5, 5.41) is 2.55. The highest BCUT2D eigenvalue weighted by molar-refractivity contribution is 7.87. The van der Waals surface area contributed by atoms with Gasteiger partial charge in [-0.3, -0.25) is 9.12 Å². The van der Waals surface area contributed by atoms with E-state index in [1.807, 2.05) is 6.92 Å². The van der Waals surface area contributed by atoms with E-state index in [1.54, 1.807) is 0 Å². The van der Waals surface area contributed by atoms with Crippen LogP contribution in [0.4, 0.5) is 4.79 Å². The quantitative estimate of drug-likeness (QED) is 0.408. The molecule has 0 aromatic carbocycles. The zero-order valence-corrected chi connectivity index (χ0v) is 14.0. The Morgan fingerprint density at radius 2 is 2.17 bits per heavy atom. The number of aromatic nitrogens is 2. The number of hydrogen-bond acceptors (Lipinski definition) is 4. The Kier molecular flexibility index (Phi) is 6.71. The minimum absolute atomic E-state index is 0.129. The molecule has 128 valence electrons. The summed E-state index contributed by atoms with van der Waals surface area (Å²) in [5.41, 5.74) is 0. The van der Waals surface area contributed by atoms with Crippen LogP contribution in [-0.4, -0.2) is 39.3 Å². The van der Waals surface area contributed by atoms with E-state index >= 15 is 0 Å². The van der Waals surface area contributed by atoms with E-state index in [1.165, 1.54) is 35.4 Å².